The molecule has 0 amide bonds. The molecule has 0 spiro atoms. The Balaban J connectivity index is 1.82. The van der Waals surface area contributed by atoms with Crippen LogP contribution < -0.4 is 4.74 Å². The zero-order valence-electron chi connectivity index (χ0n) is 15.6. The third kappa shape index (κ3) is 3.47. The zero-order chi connectivity index (χ0) is 21.5. The van der Waals surface area contributed by atoms with Crippen LogP contribution in [0.4, 0.5) is 13.2 Å². The van der Waals surface area contributed by atoms with Crippen molar-refractivity contribution in [3.8, 4) is 28.3 Å². The van der Waals surface area contributed by atoms with E-state index in [9.17, 15) is 23.1 Å². The van der Waals surface area contributed by atoms with Crippen LogP contribution in [0.3, 0.4) is 0 Å². The molecule has 0 aliphatic carbocycles. The summed E-state index contributed by atoms with van der Waals surface area (Å²) < 4.78 is 46.1. The molecular weight excluding hydrogens is 397 g/mol. The van der Waals surface area contributed by atoms with E-state index in [4.69, 9.17) is 4.74 Å². The number of hydrogen-bond donors (Lipinski definition) is 1. The minimum Gasteiger partial charge on any atom is -0.496 e. The maximum Gasteiger partial charge on any atom is 0.416 e. The van der Waals surface area contributed by atoms with Crippen molar-refractivity contribution in [3.63, 3.8) is 0 Å². The number of halogens is 3. The molecule has 8 heteroatoms. The maximum absolute atomic E-state index is 13.1. The number of ether oxygens (including phenoxy) is 1. The van der Waals surface area contributed by atoms with Crippen molar-refractivity contribution in [1.29, 1.82) is 0 Å². The molecule has 2 aromatic heterocycles. The van der Waals surface area contributed by atoms with E-state index in [1.165, 1.54) is 19.2 Å². The first kappa shape index (κ1) is 19.5. The van der Waals surface area contributed by atoms with E-state index in [1.807, 2.05) is 6.07 Å². The van der Waals surface area contributed by atoms with E-state index in [0.717, 1.165) is 17.7 Å². The van der Waals surface area contributed by atoms with E-state index < -0.39 is 17.7 Å². The topological polar surface area (TPSA) is 63.8 Å². The first-order chi connectivity index (χ1) is 14.3. The minimum absolute atomic E-state index is 0.0367. The van der Waals surface area contributed by atoms with Gasteiger partial charge >= 0.3 is 12.1 Å². The highest BCUT2D eigenvalue weighted by atomic mass is 19.4. The Morgan fingerprint density at radius 3 is 2.50 bits per heavy atom. The predicted molar refractivity (Wildman–Crippen MR) is 105 cm³/mol. The van der Waals surface area contributed by atoms with Crippen molar-refractivity contribution >= 4 is 11.5 Å². The Bertz CT molecular complexity index is 1260. The molecular formula is C22H15F3N2O3. The Labute approximate surface area is 169 Å². The molecule has 1 N–H and O–H groups in total. The van der Waals surface area contributed by atoms with E-state index in [2.05, 4.69) is 4.98 Å². The van der Waals surface area contributed by atoms with Gasteiger partial charge < -0.3 is 9.84 Å². The molecule has 0 saturated heterocycles. The Morgan fingerprint density at radius 2 is 1.80 bits per heavy atom. The van der Waals surface area contributed by atoms with E-state index in [0.29, 0.717) is 22.5 Å². The molecule has 0 radical (unpaired) electrons. The number of alkyl halides is 3. The van der Waals surface area contributed by atoms with E-state index >= 15 is 0 Å². The van der Waals surface area contributed by atoms with Crippen LogP contribution in [-0.2, 0) is 6.18 Å². The van der Waals surface area contributed by atoms with Crippen LogP contribution in [0.5, 0.6) is 5.75 Å². The molecule has 0 atom stereocenters. The number of carboxylic acids is 1. The van der Waals surface area contributed by atoms with Crippen molar-refractivity contribution in [2.45, 2.75) is 6.18 Å². The smallest absolute Gasteiger partial charge is 0.416 e. The number of benzene rings is 2. The van der Waals surface area contributed by atoms with Gasteiger partial charge in [-0.25, -0.2) is 9.78 Å². The zero-order valence-corrected chi connectivity index (χ0v) is 15.6. The van der Waals surface area contributed by atoms with Crippen LogP contribution in [0.2, 0.25) is 0 Å². The summed E-state index contributed by atoms with van der Waals surface area (Å²) in [4.78, 5) is 15.6. The number of aromatic nitrogens is 2. The number of carbonyl (C=O) groups is 1. The first-order valence-electron chi connectivity index (χ1n) is 8.84. The standard InChI is InChI=1S/C22H15F3N2O3/c1-30-19-10-13(6-8-18(19)21(28)29)15-5-7-17-11-26-20(27(17)12-15)14-3-2-4-16(9-14)22(23,24)25/h2-12H,1H3,(H,28,29). The fraction of sp³-hybridized carbons (Fsp3) is 0.0909. The highest BCUT2D eigenvalue weighted by Gasteiger charge is 2.30. The quantitative estimate of drug-likeness (QED) is 0.488. The second-order valence-electron chi connectivity index (χ2n) is 6.59. The summed E-state index contributed by atoms with van der Waals surface area (Å²) in [5.41, 5.74) is 1.75. The summed E-state index contributed by atoms with van der Waals surface area (Å²) in [6.45, 7) is 0. The molecule has 0 unspecified atom stereocenters. The third-order valence-electron chi connectivity index (χ3n) is 4.74. The Hall–Kier alpha value is -3.81. The van der Waals surface area contributed by atoms with Gasteiger partial charge in [-0.1, -0.05) is 24.3 Å². The lowest BCUT2D eigenvalue weighted by Gasteiger charge is -2.10. The first-order valence-corrected chi connectivity index (χ1v) is 8.84. The number of fused-ring (bicyclic) bond motifs is 1. The number of methoxy groups -OCH3 is 1. The highest BCUT2D eigenvalue weighted by molar-refractivity contribution is 5.92. The summed E-state index contributed by atoms with van der Waals surface area (Å²) in [7, 11) is 1.39. The summed E-state index contributed by atoms with van der Waals surface area (Å²) >= 11 is 0. The molecule has 0 bridgehead atoms. The number of carboxylic acid groups (broad SMARTS) is 1. The van der Waals surface area contributed by atoms with Gasteiger partial charge in [0, 0.05) is 11.8 Å². The van der Waals surface area contributed by atoms with Crippen LogP contribution >= 0.6 is 0 Å². The summed E-state index contributed by atoms with van der Waals surface area (Å²) in [6.07, 6.45) is -1.13. The van der Waals surface area contributed by atoms with Gasteiger partial charge in [0.1, 0.15) is 17.1 Å². The molecule has 152 valence electrons. The largest absolute Gasteiger partial charge is 0.496 e. The normalized spacial score (nSPS) is 11.6. The van der Waals surface area contributed by atoms with Crippen LogP contribution in [-0.4, -0.2) is 27.6 Å². The fourth-order valence-corrected chi connectivity index (χ4v) is 3.26. The Morgan fingerprint density at radius 1 is 1.03 bits per heavy atom. The molecule has 0 fully saturated rings. The molecule has 2 heterocycles. The Kier molecular flexibility index (Phi) is 4.69. The molecule has 4 aromatic rings. The minimum atomic E-state index is -4.45. The molecule has 0 saturated carbocycles. The maximum atomic E-state index is 13.1. The van der Waals surface area contributed by atoms with Gasteiger partial charge in [-0.3, -0.25) is 4.40 Å². The van der Waals surface area contributed by atoms with Gasteiger partial charge in [0.15, 0.2) is 0 Å². The number of pyridine rings is 1. The predicted octanol–water partition coefficient (Wildman–Crippen LogP) is 5.39. The molecule has 5 nitrogen and oxygen atoms in total. The van der Waals surface area contributed by atoms with Crippen molar-refractivity contribution in [2.75, 3.05) is 7.11 Å². The summed E-state index contributed by atoms with van der Waals surface area (Å²) in [6, 6.07) is 13.3. The van der Waals surface area contributed by atoms with E-state index in [-0.39, 0.29) is 11.3 Å². The number of rotatable bonds is 4. The average molecular weight is 412 g/mol. The second-order valence-corrected chi connectivity index (χ2v) is 6.59. The molecule has 4 rings (SSSR count). The number of aromatic carboxylic acids is 1. The van der Waals surface area contributed by atoms with Crippen molar-refractivity contribution < 1.29 is 27.8 Å². The van der Waals surface area contributed by atoms with Crippen molar-refractivity contribution in [3.05, 3.63) is 78.1 Å². The summed E-state index contributed by atoms with van der Waals surface area (Å²) in [5, 5.41) is 9.24. The van der Waals surface area contributed by atoms with Crippen LogP contribution in [0.25, 0.3) is 28.0 Å². The van der Waals surface area contributed by atoms with Crippen LogP contribution in [0.1, 0.15) is 15.9 Å². The number of imidazole rings is 1. The SMILES string of the molecule is COc1cc(-c2ccc3cnc(-c4cccc(C(F)(F)F)c4)n3c2)ccc1C(=O)O. The van der Waals surface area contributed by atoms with Gasteiger partial charge in [-0.15, -0.1) is 0 Å². The average Bonchev–Trinajstić information content (AvgIpc) is 3.16. The van der Waals surface area contributed by atoms with Gasteiger partial charge in [0.2, 0.25) is 0 Å². The molecule has 0 aliphatic rings. The second kappa shape index (κ2) is 7.22. The van der Waals surface area contributed by atoms with Crippen molar-refractivity contribution in [1.82, 2.24) is 9.38 Å². The van der Waals surface area contributed by atoms with Gasteiger partial charge in [0.25, 0.3) is 0 Å². The van der Waals surface area contributed by atoms with Crippen molar-refractivity contribution in [2.24, 2.45) is 0 Å². The van der Waals surface area contributed by atoms with Crippen LogP contribution in [0.15, 0.2) is 67.0 Å². The van der Waals surface area contributed by atoms with E-state index in [1.54, 1.807) is 41.1 Å². The van der Waals surface area contributed by atoms with Gasteiger partial charge in [-0.2, -0.15) is 13.2 Å². The monoisotopic (exact) mass is 412 g/mol. The lowest BCUT2D eigenvalue weighted by Crippen LogP contribution is -2.04. The molecule has 30 heavy (non-hydrogen) atoms. The highest BCUT2D eigenvalue weighted by Crippen LogP contribution is 2.33. The lowest BCUT2D eigenvalue weighted by atomic mass is 10.0. The molecule has 0 aliphatic heterocycles. The third-order valence-corrected chi connectivity index (χ3v) is 4.74. The fourth-order valence-electron chi connectivity index (χ4n) is 3.26. The van der Waals surface area contributed by atoms with Gasteiger partial charge in [-0.05, 0) is 41.5 Å². The van der Waals surface area contributed by atoms with Gasteiger partial charge in [0.05, 0.1) is 24.4 Å². The molecule has 2 aromatic carbocycles. The van der Waals surface area contributed by atoms with Crippen LogP contribution in [0, 0.1) is 0 Å². The lowest BCUT2D eigenvalue weighted by molar-refractivity contribution is -0.137. The number of hydrogen-bond acceptors (Lipinski definition) is 3. The summed E-state index contributed by atoms with van der Waals surface area (Å²) in [5.74, 6) is -0.522. The number of nitrogens with zero attached hydrogens (tertiary/aromatic N) is 2.